The van der Waals surface area contributed by atoms with Crippen LogP contribution < -0.4 is 10.1 Å². The molecular formula is C13H16N2O3. The van der Waals surface area contributed by atoms with Crippen LogP contribution in [0.1, 0.15) is 6.42 Å². The minimum absolute atomic E-state index is 0.0330. The van der Waals surface area contributed by atoms with E-state index in [1.54, 1.807) is 17.0 Å². The van der Waals surface area contributed by atoms with E-state index in [1.165, 1.54) is 0 Å². The zero-order chi connectivity index (χ0) is 12.8. The van der Waals surface area contributed by atoms with Gasteiger partial charge in [-0.25, -0.2) is 0 Å². The second-order valence-corrected chi connectivity index (χ2v) is 4.11. The molecule has 2 rings (SSSR count). The number of rotatable bonds is 5. The first kappa shape index (κ1) is 12.4. The summed E-state index contributed by atoms with van der Waals surface area (Å²) >= 11 is 0. The van der Waals surface area contributed by atoms with Crippen LogP contribution in [0.25, 0.3) is 0 Å². The van der Waals surface area contributed by atoms with Crippen LogP contribution >= 0.6 is 0 Å². The van der Waals surface area contributed by atoms with Crippen molar-refractivity contribution in [1.29, 1.82) is 0 Å². The second-order valence-electron chi connectivity index (χ2n) is 4.11. The molecule has 0 aromatic heterocycles. The van der Waals surface area contributed by atoms with Crippen LogP contribution in [0, 0.1) is 0 Å². The molecule has 0 saturated carbocycles. The summed E-state index contributed by atoms with van der Waals surface area (Å²) in [6.45, 7) is 1.58. The van der Waals surface area contributed by atoms with Gasteiger partial charge in [-0.2, -0.15) is 0 Å². The van der Waals surface area contributed by atoms with Crippen molar-refractivity contribution in [3.05, 3.63) is 30.3 Å². The Balaban J connectivity index is 1.64. The van der Waals surface area contributed by atoms with Gasteiger partial charge < -0.3 is 15.0 Å². The van der Waals surface area contributed by atoms with Gasteiger partial charge in [0.05, 0.1) is 6.54 Å². The van der Waals surface area contributed by atoms with E-state index < -0.39 is 0 Å². The Hall–Kier alpha value is -2.04. The van der Waals surface area contributed by atoms with Gasteiger partial charge in [0.15, 0.2) is 6.61 Å². The van der Waals surface area contributed by atoms with Gasteiger partial charge in [0.25, 0.3) is 5.91 Å². The van der Waals surface area contributed by atoms with Crippen LogP contribution in [-0.2, 0) is 9.59 Å². The lowest BCUT2D eigenvalue weighted by Gasteiger charge is -2.30. The fraction of sp³-hybridized carbons (Fsp3) is 0.385. The van der Waals surface area contributed by atoms with E-state index in [1.807, 2.05) is 18.2 Å². The largest absolute Gasteiger partial charge is 0.484 e. The van der Waals surface area contributed by atoms with Crippen LogP contribution in [-0.4, -0.2) is 43.0 Å². The molecule has 1 N–H and O–H groups in total. The maximum absolute atomic E-state index is 11.5. The number of hydrogen-bond acceptors (Lipinski definition) is 3. The van der Waals surface area contributed by atoms with Crippen molar-refractivity contribution < 1.29 is 14.3 Å². The summed E-state index contributed by atoms with van der Waals surface area (Å²) < 4.78 is 5.26. The molecule has 96 valence electrons. The average molecular weight is 248 g/mol. The third kappa shape index (κ3) is 3.48. The quantitative estimate of drug-likeness (QED) is 0.821. The van der Waals surface area contributed by atoms with E-state index in [9.17, 15) is 9.59 Å². The lowest BCUT2D eigenvalue weighted by atomic mass is 10.2. The first-order valence-corrected chi connectivity index (χ1v) is 5.98. The second kappa shape index (κ2) is 6.05. The predicted molar refractivity (Wildman–Crippen MR) is 66.1 cm³/mol. The van der Waals surface area contributed by atoms with Gasteiger partial charge in [-0.1, -0.05) is 18.2 Å². The number of nitrogens with one attached hydrogen (secondary N) is 1. The summed E-state index contributed by atoms with van der Waals surface area (Å²) in [7, 11) is 0. The molecule has 1 aliphatic rings. The van der Waals surface area contributed by atoms with Crippen molar-refractivity contribution in [2.75, 3.05) is 26.2 Å². The molecule has 1 heterocycles. The summed E-state index contributed by atoms with van der Waals surface area (Å²) in [5, 5.41) is 2.55. The molecule has 0 spiro atoms. The van der Waals surface area contributed by atoms with E-state index in [0.29, 0.717) is 5.75 Å². The van der Waals surface area contributed by atoms with Gasteiger partial charge in [0.2, 0.25) is 5.91 Å². The fourth-order valence-electron chi connectivity index (χ4n) is 1.57. The molecule has 2 amide bonds. The minimum Gasteiger partial charge on any atom is -0.484 e. The van der Waals surface area contributed by atoms with Crippen LogP contribution in [0.5, 0.6) is 5.75 Å². The maximum Gasteiger partial charge on any atom is 0.258 e. The van der Waals surface area contributed by atoms with E-state index >= 15 is 0 Å². The highest BCUT2D eigenvalue weighted by Crippen LogP contribution is 2.07. The summed E-state index contributed by atoms with van der Waals surface area (Å²) in [6.07, 6.45) is 1.05. The average Bonchev–Trinajstić information content (AvgIpc) is 2.33. The monoisotopic (exact) mass is 248 g/mol. The highest BCUT2D eigenvalue weighted by atomic mass is 16.5. The predicted octanol–water partition coefficient (Wildman–Crippen LogP) is 0.414. The van der Waals surface area contributed by atoms with Gasteiger partial charge in [-0.05, 0) is 18.6 Å². The Morgan fingerprint density at radius 3 is 2.56 bits per heavy atom. The molecule has 1 aromatic carbocycles. The number of hydrogen-bond donors (Lipinski definition) is 1. The number of nitrogens with zero attached hydrogens (tertiary/aromatic N) is 1. The normalized spacial score (nSPS) is 13.7. The number of ether oxygens (including phenoxy) is 1. The molecule has 1 aromatic rings. The molecule has 1 saturated heterocycles. The minimum atomic E-state index is -0.285. The molecule has 1 aliphatic heterocycles. The summed E-state index contributed by atoms with van der Waals surface area (Å²) in [6, 6.07) is 9.09. The van der Waals surface area contributed by atoms with Crippen LogP contribution in [0.3, 0.4) is 0 Å². The highest BCUT2D eigenvalue weighted by Gasteiger charge is 2.20. The third-order valence-electron chi connectivity index (χ3n) is 2.76. The smallest absolute Gasteiger partial charge is 0.258 e. The van der Waals surface area contributed by atoms with Gasteiger partial charge in [0.1, 0.15) is 5.75 Å². The molecule has 0 atom stereocenters. The molecule has 0 aliphatic carbocycles. The van der Waals surface area contributed by atoms with E-state index in [0.717, 1.165) is 19.5 Å². The topological polar surface area (TPSA) is 58.6 Å². The zero-order valence-electron chi connectivity index (χ0n) is 10.1. The van der Waals surface area contributed by atoms with Gasteiger partial charge >= 0.3 is 0 Å². The molecule has 0 unspecified atom stereocenters. The number of likely N-dealkylation sites (tertiary alicyclic amines) is 1. The van der Waals surface area contributed by atoms with Crippen molar-refractivity contribution >= 4 is 11.8 Å². The number of carbonyl (C=O) groups excluding carboxylic acids is 2. The highest BCUT2D eigenvalue weighted by molar-refractivity contribution is 5.85. The standard InChI is InChI=1S/C13H16N2O3/c16-12(10-18-11-5-2-1-3-6-11)14-9-13(17)15-7-4-8-15/h1-3,5-6H,4,7-10H2,(H,14,16). The Morgan fingerprint density at radius 2 is 1.94 bits per heavy atom. The summed E-state index contributed by atoms with van der Waals surface area (Å²) in [4.78, 5) is 24.6. The van der Waals surface area contributed by atoms with Crippen molar-refractivity contribution in [2.45, 2.75) is 6.42 Å². The maximum atomic E-state index is 11.5. The molecule has 0 bridgehead atoms. The van der Waals surface area contributed by atoms with Crippen LogP contribution in [0.2, 0.25) is 0 Å². The Labute approximate surface area is 106 Å². The molecule has 5 nitrogen and oxygen atoms in total. The zero-order valence-corrected chi connectivity index (χ0v) is 10.1. The fourth-order valence-corrected chi connectivity index (χ4v) is 1.57. The lowest BCUT2D eigenvalue weighted by Crippen LogP contribution is -2.47. The van der Waals surface area contributed by atoms with Crippen molar-refractivity contribution in [1.82, 2.24) is 10.2 Å². The van der Waals surface area contributed by atoms with Gasteiger partial charge in [-0.15, -0.1) is 0 Å². The van der Waals surface area contributed by atoms with Crippen molar-refractivity contribution in [3.63, 3.8) is 0 Å². The number of carbonyl (C=O) groups is 2. The van der Waals surface area contributed by atoms with Gasteiger partial charge in [-0.3, -0.25) is 9.59 Å². The lowest BCUT2D eigenvalue weighted by molar-refractivity contribution is -0.136. The number of para-hydroxylation sites is 1. The van der Waals surface area contributed by atoms with Crippen molar-refractivity contribution in [2.24, 2.45) is 0 Å². The SMILES string of the molecule is O=C(COc1ccccc1)NCC(=O)N1CCC1. The van der Waals surface area contributed by atoms with Crippen LogP contribution in [0.4, 0.5) is 0 Å². The van der Waals surface area contributed by atoms with Crippen molar-refractivity contribution in [3.8, 4) is 5.75 Å². The molecule has 5 heteroatoms. The molecule has 18 heavy (non-hydrogen) atoms. The molecule has 0 radical (unpaired) electrons. The molecule has 1 fully saturated rings. The Morgan fingerprint density at radius 1 is 1.22 bits per heavy atom. The summed E-state index contributed by atoms with van der Waals surface area (Å²) in [5.41, 5.74) is 0. The number of amides is 2. The van der Waals surface area contributed by atoms with E-state index in [-0.39, 0.29) is 25.0 Å². The van der Waals surface area contributed by atoms with E-state index in [4.69, 9.17) is 4.74 Å². The number of benzene rings is 1. The first-order valence-electron chi connectivity index (χ1n) is 5.98. The summed E-state index contributed by atoms with van der Waals surface area (Å²) in [5.74, 6) is 0.323. The third-order valence-corrected chi connectivity index (χ3v) is 2.76. The Kier molecular flexibility index (Phi) is 4.17. The molecular weight excluding hydrogens is 232 g/mol. The Bertz CT molecular complexity index is 416. The first-order chi connectivity index (χ1) is 8.75. The van der Waals surface area contributed by atoms with Crippen LogP contribution in [0.15, 0.2) is 30.3 Å². The van der Waals surface area contributed by atoms with E-state index in [2.05, 4.69) is 5.32 Å². The van der Waals surface area contributed by atoms with Gasteiger partial charge in [0, 0.05) is 13.1 Å².